The predicted octanol–water partition coefficient (Wildman–Crippen LogP) is 4.72. The minimum absolute atomic E-state index is 0.0244. The van der Waals surface area contributed by atoms with Crippen molar-refractivity contribution in [3.05, 3.63) is 96.3 Å². The molecule has 1 fully saturated rings. The van der Waals surface area contributed by atoms with Crippen molar-refractivity contribution >= 4 is 39.3 Å². The number of anilines is 1. The summed E-state index contributed by atoms with van der Waals surface area (Å²) in [5.74, 6) is -0.200. The van der Waals surface area contributed by atoms with Gasteiger partial charge in [-0.3, -0.25) is 9.59 Å². The number of carbonyl (C=O) groups excluding carboxylic acids is 2. The lowest BCUT2D eigenvalue weighted by Crippen LogP contribution is -2.25. The smallest absolute Gasteiger partial charge is 0.255 e. The zero-order valence-electron chi connectivity index (χ0n) is 19.6. The summed E-state index contributed by atoms with van der Waals surface area (Å²) in [6.07, 6.45) is 6.03. The monoisotopic (exact) mass is 478 g/mol. The number of aliphatic hydroxyl groups is 1. The molecule has 6 rings (SSSR count). The normalized spacial score (nSPS) is 13.2. The number of amides is 2. The van der Waals surface area contributed by atoms with Crippen molar-refractivity contribution in [1.82, 2.24) is 14.5 Å². The molecule has 0 unspecified atom stereocenters. The Morgan fingerprint density at radius 1 is 0.806 bits per heavy atom. The van der Waals surface area contributed by atoms with E-state index in [4.69, 9.17) is 0 Å². The number of hydrogen-bond donors (Lipinski definition) is 3. The van der Waals surface area contributed by atoms with Gasteiger partial charge in [-0.15, -0.1) is 0 Å². The first-order valence-corrected chi connectivity index (χ1v) is 12.1. The van der Waals surface area contributed by atoms with Crippen LogP contribution >= 0.6 is 0 Å². The standard InChI is InChI=1S/C29H26N4O3/c34-16-15-32-13-11-20-17-22(3-9-26(20)32)29(36)31-24-6-10-27-21(18-24)12-14-33(27)25-7-1-19(2-8-25)28(35)30-23-4-5-23/h1-3,6-14,17-18,23,34H,4-5,15-16H2,(H,30,35)(H,31,36). The van der Waals surface area contributed by atoms with Crippen molar-refractivity contribution in [2.24, 2.45) is 0 Å². The Labute approximate surface area is 208 Å². The van der Waals surface area contributed by atoms with Crippen molar-refractivity contribution in [3.8, 4) is 5.69 Å². The zero-order chi connectivity index (χ0) is 24.6. The molecule has 1 aliphatic carbocycles. The van der Waals surface area contributed by atoms with Crippen LogP contribution in [-0.4, -0.2) is 38.7 Å². The molecule has 2 amide bonds. The van der Waals surface area contributed by atoms with Crippen LogP contribution in [0.4, 0.5) is 5.69 Å². The van der Waals surface area contributed by atoms with Crippen LogP contribution in [0.2, 0.25) is 0 Å². The molecule has 3 N–H and O–H groups in total. The van der Waals surface area contributed by atoms with E-state index in [1.54, 1.807) is 6.07 Å². The maximum absolute atomic E-state index is 12.9. The van der Waals surface area contributed by atoms with Crippen LogP contribution in [-0.2, 0) is 6.54 Å². The van der Waals surface area contributed by atoms with Crippen LogP contribution in [0.25, 0.3) is 27.5 Å². The molecule has 0 radical (unpaired) electrons. The summed E-state index contributed by atoms with van der Waals surface area (Å²) in [5.41, 5.74) is 4.92. The predicted molar refractivity (Wildman–Crippen MR) is 141 cm³/mol. The summed E-state index contributed by atoms with van der Waals surface area (Å²) < 4.78 is 4.03. The lowest BCUT2D eigenvalue weighted by Gasteiger charge is -2.09. The SMILES string of the molecule is O=C(Nc1ccc2c(ccn2-c2ccc(C(=O)NC3CC3)cc2)c1)c1ccc2c(ccn2CCO)c1. The number of benzene rings is 3. The number of rotatable bonds is 7. The molecule has 2 heterocycles. The molecule has 0 atom stereocenters. The van der Waals surface area contributed by atoms with E-state index < -0.39 is 0 Å². The Bertz CT molecular complexity index is 1590. The molecular formula is C29H26N4O3. The Hall–Kier alpha value is -4.36. The van der Waals surface area contributed by atoms with E-state index in [0.717, 1.165) is 46.0 Å². The molecule has 0 bridgehead atoms. The fourth-order valence-electron chi connectivity index (χ4n) is 4.56. The molecule has 2 aromatic heterocycles. The molecule has 7 heteroatoms. The Kier molecular flexibility index (Phi) is 5.54. The van der Waals surface area contributed by atoms with Crippen LogP contribution in [0.5, 0.6) is 0 Å². The number of nitrogens with one attached hydrogen (secondary N) is 2. The summed E-state index contributed by atoms with van der Waals surface area (Å²) in [6, 6.07) is 23.3. The fraction of sp³-hybridized carbons (Fsp3) is 0.172. The number of fused-ring (bicyclic) bond motifs is 2. The van der Waals surface area contributed by atoms with Crippen LogP contribution < -0.4 is 10.6 Å². The summed E-state index contributed by atoms with van der Waals surface area (Å²) in [6.45, 7) is 0.591. The summed E-state index contributed by atoms with van der Waals surface area (Å²) in [5, 5.41) is 17.2. The van der Waals surface area contributed by atoms with Gasteiger partial charge in [-0.1, -0.05) is 0 Å². The van der Waals surface area contributed by atoms with E-state index in [0.29, 0.717) is 23.7 Å². The first kappa shape index (κ1) is 22.1. The van der Waals surface area contributed by atoms with E-state index in [9.17, 15) is 14.7 Å². The molecule has 36 heavy (non-hydrogen) atoms. The average molecular weight is 479 g/mol. The van der Waals surface area contributed by atoms with Gasteiger partial charge in [0.15, 0.2) is 0 Å². The van der Waals surface area contributed by atoms with Gasteiger partial charge in [-0.25, -0.2) is 0 Å². The molecule has 180 valence electrons. The molecule has 1 aliphatic rings. The van der Waals surface area contributed by atoms with Gasteiger partial charge >= 0.3 is 0 Å². The van der Waals surface area contributed by atoms with Gasteiger partial charge in [0.05, 0.1) is 12.1 Å². The first-order valence-electron chi connectivity index (χ1n) is 12.1. The van der Waals surface area contributed by atoms with Crippen molar-refractivity contribution in [1.29, 1.82) is 0 Å². The van der Waals surface area contributed by atoms with Crippen molar-refractivity contribution in [2.75, 3.05) is 11.9 Å². The van der Waals surface area contributed by atoms with Gasteiger partial charge in [-0.05, 0) is 85.6 Å². The second-order valence-electron chi connectivity index (χ2n) is 9.21. The van der Waals surface area contributed by atoms with Crippen molar-refractivity contribution < 1.29 is 14.7 Å². The third-order valence-corrected chi connectivity index (χ3v) is 6.64. The molecule has 0 saturated heterocycles. The Morgan fingerprint density at radius 2 is 1.53 bits per heavy atom. The molecule has 0 aliphatic heterocycles. The third-order valence-electron chi connectivity index (χ3n) is 6.64. The minimum atomic E-state index is -0.175. The molecule has 0 spiro atoms. The number of nitrogens with zero attached hydrogens (tertiary/aromatic N) is 2. The van der Waals surface area contributed by atoms with Gasteiger partial charge < -0.3 is 24.9 Å². The minimum Gasteiger partial charge on any atom is -0.395 e. The number of hydrogen-bond acceptors (Lipinski definition) is 3. The molecular weight excluding hydrogens is 452 g/mol. The maximum Gasteiger partial charge on any atom is 0.255 e. The van der Waals surface area contributed by atoms with E-state index in [1.807, 2.05) is 83.7 Å². The van der Waals surface area contributed by atoms with Gasteiger partial charge in [0, 0.05) is 63.8 Å². The zero-order valence-corrected chi connectivity index (χ0v) is 19.6. The second-order valence-corrected chi connectivity index (χ2v) is 9.21. The largest absolute Gasteiger partial charge is 0.395 e. The van der Waals surface area contributed by atoms with Crippen LogP contribution in [0.1, 0.15) is 33.6 Å². The van der Waals surface area contributed by atoms with Gasteiger partial charge in [0.1, 0.15) is 0 Å². The van der Waals surface area contributed by atoms with Gasteiger partial charge in [0.25, 0.3) is 11.8 Å². The number of aromatic nitrogens is 2. The highest BCUT2D eigenvalue weighted by Crippen LogP contribution is 2.25. The average Bonchev–Trinajstić information content (AvgIpc) is 3.47. The molecule has 1 saturated carbocycles. The van der Waals surface area contributed by atoms with Crippen LogP contribution in [0.3, 0.4) is 0 Å². The second kappa shape index (κ2) is 9.02. The number of carbonyl (C=O) groups is 2. The van der Waals surface area contributed by atoms with Crippen LogP contribution in [0, 0.1) is 0 Å². The van der Waals surface area contributed by atoms with Gasteiger partial charge in [-0.2, -0.15) is 0 Å². The van der Waals surface area contributed by atoms with Crippen LogP contribution in [0.15, 0.2) is 85.2 Å². The van der Waals surface area contributed by atoms with Crippen molar-refractivity contribution in [2.45, 2.75) is 25.4 Å². The fourth-order valence-corrected chi connectivity index (χ4v) is 4.56. The lowest BCUT2D eigenvalue weighted by atomic mass is 10.1. The molecule has 7 nitrogen and oxygen atoms in total. The van der Waals surface area contributed by atoms with Crippen molar-refractivity contribution in [3.63, 3.8) is 0 Å². The maximum atomic E-state index is 12.9. The highest BCUT2D eigenvalue weighted by Gasteiger charge is 2.23. The topological polar surface area (TPSA) is 88.3 Å². The summed E-state index contributed by atoms with van der Waals surface area (Å²) in [7, 11) is 0. The lowest BCUT2D eigenvalue weighted by molar-refractivity contribution is 0.0950. The molecule has 3 aromatic carbocycles. The summed E-state index contributed by atoms with van der Waals surface area (Å²) >= 11 is 0. The van der Waals surface area contributed by atoms with E-state index in [1.165, 1.54) is 0 Å². The highest BCUT2D eigenvalue weighted by molar-refractivity contribution is 6.07. The van der Waals surface area contributed by atoms with E-state index in [2.05, 4.69) is 15.2 Å². The third kappa shape index (κ3) is 4.25. The first-order chi connectivity index (χ1) is 17.6. The Morgan fingerprint density at radius 3 is 2.31 bits per heavy atom. The number of aliphatic hydroxyl groups excluding tert-OH is 1. The quantitative estimate of drug-likeness (QED) is 0.316. The van der Waals surface area contributed by atoms with E-state index in [-0.39, 0.29) is 18.4 Å². The van der Waals surface area contributed by atoms with Gasteiger partial charge in [0.2, 0.25) is 0 Å². The summed E-state index contributed by atoms with van der Waals surface area (Å²) in [4.78, 5) is 25.2. The highest BCUT2D eigenvalue weighted by atomic mass is 16.3. The van der Waals surface area contributed by atoms with E-state index >= 15 is 0 Å². The Balaban J connectivity index is 1.19. The molecule has 5 aromatic rings.